The van der Waals surface area contributed by atoms with Crippen LogP contribution < -0.4 is 0 Å². The number of aliphatic carboxylic acids is 1. The molecule has 6 heteroatoms. The molecule has 0 radical (unpaired) electrons. The van der Waals surface area contributed by atoms with E-state index in [-0.39, 0.29) is 6.54 Å². The van der Waals surface area contributed by atoms with Crippen LogP contribution in [-0.4, -0.2) is 28.9 Å². The number of nitrogens with zero attached hydrogens (tertiary/aromatic N) is 1. The Labute approximate surface area is 114 Å². The Kier molecular flexibility index (Phi) is 5.19. The van der Waals surface area contributed by atoms with Gasteiger partial charge in [0.15, 0.2) is 0 Å². The summed E-state index contributed by atoms with van der Waals surface area (Å²) in [5.41, 5.74) is 0.737. The number of halogens is 2. The fraction of sp³-hybridized carbons (Fsp3) is 0.167. The van der Waals surface area contributed by atoms with Crippen LogP contribution in [0.4, 0.5) is 0 Å². The molecule has 0 unspecified atom stereocenters. The quantitative estimate of drug-likeness (QED) is 0.866. The summed E-state index contributed by atoms with van der Waals surface area (Å²) in [6.07, 6.45) is 1.79. The SMILES string of the molecule is CN(Cc1ccc(Cl)cc1Cl)C(=O)/C=C/C(=O)O. The molecule has 1 N–H and O–H groups in total. The van der Waals surface area contributed by atoms with Crippen LogP contribution in [0.15, 0.2) is 30.4 Å². The molecule has 1 aromatic carbocycles. The minimum atomic E-state index is -1.17. The maximum absolute atomic E-state index is 11.5. The number of hydrogen-bond donors (Lipinski definition) is 1. The molecule has 96 valence electrons. The number of carbonyl (C=O) groups is 2. The van der Waals surface area contributed by atoms with Crippen LogP contribution in [0.3, 0.4) is 0 Å². The largest absolute Gasteiger partial charge is 0.478 e. The lowest BCUT2D eigenvalue weighted by molar-refractivity contribution is -0.132. The molecular formula is C12H11Cl2NO3. The summed E-state index contributed by atoms with van der Waals surface area (Å²) in [4.78, 5) is 23.2. The van der Waals surface area contributed by atoms with Gasteiger partial charge in [-0.1, -0.05) is 29.3 Å². The fourth-order valence-corrected chi connectivity index (χ4v) is 1.72. The van der Waals surface area contributed by atoms with E-state index in [0.29, 0.717) is 10.0 Å². The highest BCUT2D eigenvalue weighted by Gasteiger charge is 2.09. The van der Waals surface area contributed by atoms with Crippen LogP contribution >= 0.6 is 23.2 Å². The third-order valence-electron chi connectivity index (χ3n) is 2.17. The van der Waals surface area contributed by atoms with Crippen molar-refractivity contribution in [1.82, 2.24) is 4.90 Å². The number of carboxylic acids is 1. The minimum Gasteiger partial charge on any atom is -0.478 e. The summed E-state index contributed by atoms with van der Waals surface area (Å²) in [5, 5.41) is 9.39. The minimum absolute atomic E-state index is 0.277. The molecule has 1 aromatic rings. The van der Waals surface area contributed by atoms with E-state index in [0.717, 1.165) is 17.7 Å². The normalized spacial score (nSPS) is 10.6. The molecule has 0 aliphatic rings. The van der Waals surface area contributed by atoms with Crippen molar-refractivity contribution < 1.29 is 14.7 Å². The van der Waals surface area contributed by atoms with Gasteiger partial charge in [0.2, 0.25) is 5.91 Å². The lowest BCUT2D eigenvalue weighted by atomic mass is 10.2. The third-order valence-corrected chi connectivity index (χ3v) is 2.75. The van der Waals surface area contributed by atoms with Crippen molar-refractivity contribution in [2.45, 2.75) is 6.54 Å². The van der Waals surface area contributed by atoms with Crippen molar-refractivity contribution in [2.75, 3.05) is 7.05 Å². The number of hydrogen-bond acceptors (Lipinski definition) is 2. The number of carboxylic acid groups (broad SMARTS) is 1. The summed E-state index contributed by atoms with van der Waals surface area (Å²) >= 11 is 11.7. The average Bonchev–Trinajstić information content (AvgIpc) is 2.29. The topological polar surface area (TPSA) is 57.6 Å². The van der Waals surface area contributed by atoms with Crippen LogP contribution in [-0.2, 0) is 16.1 Å². The average molecular weight is 288 g/mol. The van der Waals surface area contributed by atoms with Gasteiger partial charge >= 0.3 is 5.97 Å². The van der Waals surface area contributed by atoms with Crippen molar-refractivity contribution in [3.05, 3.63) is 46.0 Å². The summed E-state index contributed by atoms with van der Waals surface area (Å²) < 4.78 is 0. The smallest absolute Gasteiger partial charge is 0.328 e. The molecule has 0 aliphatic heterocycles. The van der Waals surface area contributed by atoms with Crippen LogP contribution in [0.2, 0.25) is 10.0 Å². The van der Waals surface area contributed by atoms with Gasteiger partial charge in [0.1, 0.15) is 0 Å². The molecule has 0 saturated heterocycles. The summed E-state index contributed by atoms with van der Waals surface area (Å²) in [6.45, 7) is 0.277. The van der Waals surface area contributed by atoms with Gasteiger partial charge in [0, 0.05) is 35.8 Å². The van der Waals surface area contributed by atoms with Gasteiger partial charge < -0.3 is 10.0 Å². The van der Waals surface area contributed by atoms with E-state index in [1.54, 1.807) is 25.2 Å². The Balaban J connectivity index is 2.72. The van der Waals surface area contributed by atoms with Crippen molar-refractivity contribution >= 4 is 35.1 Å². The number of amides is 1. The van der Waals surface area contributed by atoms with Gasteiger partial charge in [-0.25, -0.2) is 4.79 Å². The first-order valence-corrected chi connectivity index (χ1v) is 5.76. The molecule has 4 nitrogen and oxygen atoms in total. The number of rotatable bonds is 4. The van der Waals surface area contributed by atoms with E-state index in [1.165, 1.54) is 4.90 Å². The lowest BCUT2D eigenvalue weighted by Crippen LogP contribution is -2.24. The van der Waals surface area contributed by atoms with Gasteiger partial charge in [-0.05, 0) is 17.7 Å². The molecule has 0 saturated carbocycles. The fourth-order valence-electron chi connectivity index (χ4n) is 1.25. The molecule has 1 rings (SSSR count). The highest BCUT2D eigenvalue weighted by Crippen LogP contribution is 2.21. The monoisotopic (exact) mass is 287 g/mol. The van der Waals surface area contributed by atoms with E-state index >= 15 is 0 Å². The van der Waals surface area contributed by atoms with Crippen LogP contribution in [0.1, 0.15) is 5.56 Å². The van der Waals surface area contributed by atoms with Crippen molar-refractivity contribution in [1.29, 1.82) is 0 Å². The second-order valence-electron chi connectivity index (χ2n) is 3.60. The summed E-state index contributed by atoms with van der Waals surface area (Å²) in [7, 11) is 1.56. The van der Waals surface area contributed by atoms with Gasteiger partial charge in [-0.15, -0.1) is 0 Å². The molecule has 1 amide bonds. The van der Waals surface area contributed by atoms with E-state index in [2.05, 4.69) is 0 Å². The van der Waals surface area contributed by atoms with Gasteiger partial charge in [-0.2, -0.15) is 0 Å². The zero-order chi connectivity index (χ0) is 13.7. The second kappa shape index (κ2) is 6.42. The summed E-state index contributed by atoms with van der Waals surface area (Å²) in [5.74, 6) is -1.58. The Morgan fingerprint density at radius 3 is 2.56 bits per heavy atom. The molecule has 0 spiro atoms. The molecule has 0 aromatic heterocycles. The maximum atomic E-state index is 11.5. The number of likely N-dealkylation sites (N-methyl/N-ethyl adjacent to an activating group) is 1. The van der Waals surface area contributed by atoms with Crippen LogP contribution in [0.5, 0.6) is 0 Å². The molecular weight excluding hydrogens is 277 g/mol. The maximum Gasteiger partial charge on any atom is 0.328 e. The van der Waals surface area contributed by atoms with Crippen molar-refractivity contribution in [2.24, 2.45) is 0 Å². The van der Waals surface area contributed by atoms with Crippen LogP contribution in [0.25, 0.3) is 0 Å². The van der Waals surface area contributed by atoms with E-state index in [9.17, 15) is 9.59 Å². The highest BCUT2D eigenvalue weighted by atomic mass is 35.5. The van der Waals surface area contributed by atoms with Crippen molar-refractivity contribution in [3.63, 3.8) is 0 Å². The molecule has 0 bridgehead atoms. The van der Waals surface area contributed by atoms with Gasteiger partial charge in [0.05, 0.1) is 0 Å². The second-order valence-corrected chi connectivity index (χ2v) is 4.45. The Bertz CT molecular complexity index is 500. The molecule has 0 fully saturated rings. The Hall–Kier alpha value is -1.52. The molecule has 0 atom stereocenters. The van der Waals surface area contributed by atoms with E-state index < -0.39 is 11.9 Å². The Morgan fingerprint density at radius 2 is 2.00 bits per heavy atom. The first kappa shape index (κ1) is 14.5. The van der Waals surface area contributed by atoms with E-state index in [4.69, 9.17) is 28.3 Å². The predicted molar refractivity (Wildman–Crippen MR) is 69.7 cm³/mol. The van der Waals surface area contributed by atoms with Crippen molar-refractivity contribution in [3.8, 4) is 0 Å². The first-order valence-electron chi connectivity index (χ1n) is 5.00. The number of benzene rings is 1. The first-order chi connectivity index (χ1) is 8.40. The van der Waals surface area contributed by atoms with Crippen LogP contribution in [0, 0.1) is 0 Å². The highest BCUT2D eigenvalue weighted by molar-refractivity contribution is 6.35. The lowest BCUT2D eigenvalue weighted by Gasteiger charge is -2.16. The zero-order valence-corrected chi connectivity index (χ0v) is 11.1. The number of carbonyl (C=O) groups excluding carboxylic acids is 1. The third kappa shape index (κ3) is 4.39. The zero-order valence-electron chi connectivity index (χ0n) is 9.56. The van der Waals surface area contributed by atoms with Gasteiger partial charge in [0.25, 0.3) is 0 Å². The standard InChI is InChI=1S/C12H11Cl2NO3/c1-15(11(16)4-5-12(17)18)7-8-2-3-9(13)6-10(8)14/h2-6H,7H2,1H3,(H,17,18)/b5-4+. The van der Waals surface area contributed by atoms with Gasteiger partial charge in [-0.3, -0.25) is 4.79 Å². The Morgan fingerprint density at radius 1 is 1.33 bits per heavy atom. The predicted octanol–water partition coefficient (Wildman–Crippen LogP) is 2.59. The molecule has 18 heavy (non-hydrogen) atoms. The molecule has 0 heterocycles. The van der Waals surface area contributed by atoms with E-state index in [1.807, 2.05) is 0 Å². The molecule has 0 aliphatic carbocycles. The summed E-state index contributed by atoms with van der Waals surface area (Å²) in [6, 6.07) is 4.98.